The van der Waals surface area contributed by atoms with Crippen LogP contribution in [-0.2, 0) is 13.0 Å². The molecule has 7 nitrogen and oxygen atoms in total. The Morgan fingerprint density at radius 3 is 2.71 bits per heavy atom. The van der Waals surface area contributed by atoms with Crippen molar-refractivity contribution in [2.75, 3.05) is 6.54 Å². The molecule has 0 unspecified atom stereocenters. The molecule has 140 valence electrons. The van der Waals surface area contributed by atoms with Crippen molar-refractivity contribution in [1.29, 1.82) is 5.26 Å². The number of carbonyl (C=O) groups excluding carboxylic acids is 1. The van der Waals surface area contributed by atoms with Gasteiger partial charge in [-0.1, -0.05) is 0 Å². The predicted octanol–water partition coefficient (Wildman–Crippen LogP) is 2.35. The standard InChI is InChI=1S/C21H20N6O/c22-6-5-16-9-24-21(25-10-16)18-4-3-15(8-23)7-19(18)20(28)17-11-26-27(13-17)12-14-1-2-14/h3-4,7,9-11,13-14H,1-2,5-6,12,22H2. The monoisotopic (exact) mass is 372 g/mol. The molecule has 2 heterocycles. The highest BCUT2D eigenvalue weighted by Crippen LogP contribution is 2.30. The summed E-state index contributed by atoms with van der Waals surface area (Å²) in [4.78, 5) is 21.9. The van der Waals surface area contributed by atoms with Crippen LogP contribution < -0.4 is 5.73 Å². The van der Waals surface area contributed by atoms with Crippen LogP contribution in [0.15, 0.2) is 43.0 Å². The summed E-state index contributed by atoms with van der Waals surface area (Å²) in [6.45, 7) is 1.36. The number of carbonyl (C=O) groups is 1. The first kappa shape index (κ1) is 18.0. The molecule has 1 aliphatic rings. The van der Waals surface area contributed by atoms with Crippen LogP contribution in [0.1, 0.15) is 39.9 Å². The normalized spacial score (nSPS) is 13.3. The van der Waals surface area contributed by atoms with Gasteiger partial charge < -0.3 is 5.73 Å². The second kappa shape index (κ2) is 7.71. The molecule has 7 heteroatoms. The topological polar surface area (TPSA) is 110 Å². The van der Waals surface area contributed by atoms with E-state index in [4.69, 9.17) is 5.73 Å². The molecule has 0 spiro atoms. The van der Waals surface area contributed by atoms with Crippen LogP contribution in [0.4, 0.5) is 0 Å². The third-order valence-corrected chi connectivity index (χ3v) is 4.81. The van der Waals surface area contributed by atoms with Crippen molar-refractivity contribution in [3.63, 3.8) is 0 Å². The first-order valence-corrected chi connectivity index (χ1v) is 9.30. The van der Waals surface area contributed by atoms with E-state index in [2.05, 4.69) is 21.1 Å². The van der Waals surface area contributed by atoms with Crippen molar-refractivity contribution >= 4 is 5.78 Å². The van der Waals surface area contributed by atoms with E-state index in [0.717, 1.165) is 12.1 Å². The van der Waals surface area contributed by atoms with Gasteiger partial charge in [0.25, 0.3) is 0 Å². The summed E-state index contributed by atoms with van der Waals surface area (Å²) in [5.74, 6) is 0.920. The molecule has 1 aromatic carbocycles. The van der Waals surface area contributed by atoms with Gasteiger partial charge in [-0.2, -0.15) is 10.4 Å². The van der Waals surface area contributed by atoms with Crippen molar-refractivity contribution in [2.24, 2.45) is 11.7 Å². The van der Waals surface area contributed by atoms with E-state index in [0.29, 0.717) is 47.0 Å². The molecule has 2 aromatic heterocycles. The van der Waals surface area contributed by atoms with Gasteiger partial charge in [-0.05, 0) is 55.5 Å². The number of benzene rings is 1. The molecule has 0 radical (unpaired) electrons. The fraction of sp³-hybridized carbons (Fsp3) is 0.286. The highest BCUT2D eigenvalue weighted by molar-refractivity contribution is 6.12. The fourth-order valence-electron chi connectivity index (χ4n) is 3.09. The van der Waals surface area contributed by atoms with Crippen molar-refractivity contribution < 1.29 is 4.79 Å². The minimum atomic E-state index is -0.191. The molecule has 1 saturated carbocycles. The number of aromatic nitrogens is 4. The number of nitrogens with zero attached hydrogens (tertiary/aromatic N) is 5. The first-order valence-electron chi connectivity index (χ1n) is 9.30. The number of nitrogens with two attached hydrogens (primary N) is 1. The highest BCUT2D eigenvalue weighted by atomic mass is 16.1. The van der Waals surface area contributed by atoms with Crippen LogP contribution in [0.3, 0.4) is 0 Å². The maximum Gasteiger partial charge on any atom is 0.196 e. The number of hydrogen-bond donors (Lipinski definition) is 1. The molecule has 0 aliphatic heterocycles. The van der Waals surface area contributed by atoms with Gasteiger partial charge in [-0.15, -0.1) is 0 Å². The lowest BCUT2D eigenvalue weighted by atomic mass is 9.97. The van der Waals surface area contributed by atoms with Crippen LogP contribution in [0.25, 0.3) is 11.4 Å². The lowest BCUT2D eigenvalue weighted by Crippen LogP contribution is -2.07. The van der Waals surface area contributed by atoms with Gasteiger partial charge in [0.05, 0.1) is 23.4 Å². The average molecular weight is 372 g/mol. The zero-order chi connectivity index (χ0) is 19.5. The van der Waals surface area contributed by atoms with Gasteiger partial charge in [0.1, 0.15) is 0 Å². The van der Waals surface area contributed by atoms with E-state index < -0.39 is 0 Å². The third-order valence-electron chi connectivity index (χ3n) is 4.81. The van der Waals surface area contributed by atoms with Gasteiger partial charge in [-0.3, -0.25) is 9.48 Å². The Kier molecular flexibility index (Phi) is 4.96. The second-order valence-electron chi connectivity index (χ2n) is 7.05. The van der Waals surface area contributed by atoms with Crippen molar-refractivity contribution in [3.8, 4) is 17.5 Å². The summed E-state index contributed by atoms with van der Waals surface area (Å²) in [6, 6.07) is 7.07. The minimum absolute atomic E-state index is 0.191. The zero-order valence-electron chi connectivity index (χ0n) is 15.4. The highest BCUT2D eigenvalue weighted by Gasteiger charge is 2.23. The molecule has 2 N–H and O–H groups in total. The summed E-state index contributed by atoms with van der Waals surface area (Å²) in [7, 11) is 0. The summed E-state index contributed by atoms with van der Waals surface area (Å²) in [5.41, 5.74) is 8.41. The Hall–Kier alpha value is -3.37. The summed E-state index contributed by atoms with van der Waals surface area (Å²) < 4.78 is 1.82. The lowest BCUT2D eigenvalue weighted by molar-refractivity contribution is 0.103. The Morgan fingerprint density at radius 2 is 2.04 bits per heavy atom. The van der Waals surface area contributed by atoms with E-state index in [1.807, 2.05) is 4.68 Å². The maximum absolute atomic E-state index is 13.2. The van der Waals surface area contributed by atoms with Crippen LogP contribution >= 0.6 is 0 Å². The Bertz CT molecular complexity index is 1040. The number of rotatable bonds is 7. The molecular formula is C21H20N6O. The van der Waals surface area contributed by atoms with Gasteiger partial charge in [0, 0.05) is 36.3 Å². The van der Waals surface area contributed by atoms with E-state index >= 15 is 0 Å². The van der Waals surface area contributed by atoms with E-state index in [9.17, 15) is 10.1 Å². The van der Waals surface area contributed by atoms with Gasteiger partial charge in [-0.25, -0.2) is 9.97 Å². The van der Waals surface area contributed by atoms with Gasteiger partial charge >= 0.3 is 0 Å². The molecule has 0 atom stereocenters. The number of nitriles is 1. The Balaban J connectivity index is 1.69. The van der Waals surface area contributed by atoms with Crippen LogP contribution in [0, 0.1) is 17.2 Å². The molecule has 1 fully saturated rings. The van der Waals surface area contributed by atoms with Crippen LogP contribution in [0.5, 0.6) is 0 Å². The van der Waals surface area contributed by atoms with Gasteiger partial charge in [0.15, 0.2) is 11.6 Å². The molecule has 3 aromatic rings. The van der Waals surface area contributed by atoms with Crippen molar-refractivity contribution in [2.45, 2.75) is 25.8 Å². The average Bonchev–Trinajstić information content (AvgIpc) is 3.42. The zero-order valence-corrected chi connectivity index (χ0v) is 15.4. The Morgan fingerprint density at radius 1 is 1.25 bits per heavy atom. The predicted molar refractivity (Wildman–Crippen MR) is 103 cm³/mol. The van der Waals surface area contributed by atoms with Crippen molar-refractivity contribution in [3.05, 3.63) is 65.2 Å². The fourth-order valence-corrected chi connectivity index (χ4v) is 3.09. The maximum atomic E-state index is 13.2. The second-order valence-corrected chi connectivity index (χ2v) is 7.05. The Labute approximate surface area is 162 Å². The van der Waals surface area contributed by atoms with Crippen LogP contribution in [-0.4, -0.2) is 32.1 Å². The quantitative estimate of drug-likeness (QED) is 0.637. The summed E-state index contributed by atoms with van der Waals surface area (Å²) >= 11 is 0. The molecule has 4 rings (SSSR count). The van der Waals surface area contributed by atoms with Crippen LogP contribution in [0.2, 0.25) is 0 Å². The first-order chi connectivity index (χ1) is 13.7. The smallest absolute Gasteiger partial charge is 0.196 e. The number of hydrogen-bond acceptors (Lipinski definition) is 6. The van der Waals surface area contributed by atoms with E-state index in [-0.39, 0.29) is 5.78 Å². The molecular weight excluding hydrogens is 352 g/mol. The SMILES string of the molecule is N#Cc1ccc(-c2ncc(CCN)cn2)c(C(=O)c2cnn(CC3CC3)c2)c1. The molecule has 0 amide bonds. The van der Waals surface area contributed by atoms with E-state index in [1.54, 1.807) is 43.0 Å². The van der Waals surface area contributed by atoms with Gasteiger partial charge in [0.2, 0.25) is 0 Å². The lowest BCUT2D eigenvalue weighted by Gasteiger charge is -2.08. The third kappa shape index (κ3) is 3.82. The molecule has 0 saturated heterocycles. The van der Waals surface area contributed by atoms with E-state index in [1.165, 1.54) is 12.8 Å². The number of ketones is 1. The molecule has 28 heavy (non-hydrogen) atoms. The summed E-state index contributed by atoms with van der Waals surface area (Å²) in [5, 5.41) is 13.6. The van der Waals surface area contributed by atoms with Crippen molar-refractivity contribution in [1.82, 2.24) is 19.7 Å². The largest absolute Gasteiger partial charge is 0.330 e. The molecule has 1 aliphatic carbocycles. The molecule has 0 bridgehead atoms. The minimum Gasteiger partial charge on any atom is -0.330 e. The summed E-state index contributed by atoms with van der Waals surface area (Å²) in [6.07, 6.45) is 9.92.